The van der Waals surface area contributed by atoms with Gasteiger partial charge in [0, 0.05) is 5.41 Å². The molecule has 4 heteroatoms. The van der Waals surface area contributed by atoms with Crippen LogP contribution in [0.25, 0.3) is 0 Å². The van der Waals surface area contributed by atoms with Gasteiger partial charge in [-0.1, -0.05) is 6.92 Å². The number of hydrogen-bond donors (Lipinski definition) is 1. The fourth-order valence-corrected chi connectivity index (χ4v) is 1.07. The third-order valence-corrected chi connectivity index (χ3v) is 1.87. The molecule has 3 aliphatic heterocycles. The first-order chi connectivity index (χ1) is 4.62. The standard InChI is InChI=1S/C6H11NO3/c1-5-2-8-6(7,9-3-5)10-4-5/h2-4,7H2,1H3. The van der Waals surface area contributed by atoms with E-state index < -0.39 is 6.10 Å². The lowest BCUT2D eigenvalue weighted by Gasteiger charge is -2.47. The Balaban J connectivity index is 2.16. The molecular formula is C6H11NO3. The predicted molar refractivity (Wildman–Crippen MR) is 32.9 cm³/mol. The normalized spacial score (nSPS) is 53.4. The quantitative estimate of drug-likeness (QED) is 0.505. The van der Waals surface area contributed by atoms with Crippen molar-refractivity contribution in [1.82, 2.24) is 0 Å². The zero-order valence-electron chi connectivity index (χ0n) is 5.92. The highest BCUT2D eigenvalue weighted by Gasteiger charge is 2.48. The Hall–Kier alpha value is -0.160. The fraction of sp³-hybridized carbons (Fsp3) is 1.00. The van der Waals surface area contributed by atoms with Crippen molar-refractivity contribution in [1.29, 1.82) is 0 Å². The zero-order chi connectivity index (χ0) is 7.24. The average molecular weight is 145 g/mol. The largest absolute Gasteiger partial charge is 0.348 e. The van der Waals surface area contributed by atoms with E-state index in [9.17, 15) is 0 Å². The number of nitrogens with two attached hydrogens (primary N) is 1. The molecule has 0 aromatic rings. The molecule has 4 nitrogen and oxygen atoms in total. The summed E-state index contributed by atoms with van der Waals surface area (Å²) in [5.74, 6) is 0. The van der Waals surface area contributed by atoms with E-state index in [1.165, 1.54) is 0 Å². The van der Waals surface area contributed by atoms with E-state index >= 15 is 0 Å². The lowest BCUT2D eigenvalue weighted by atomic mass is 9.92. The monoisotopic (exact) mass is 145 g/mol. The van der Waals surface area contributed by atoms with Crippen molar-refractivity contribution in [3.05, 3.63) is 0 Å². The molecule has 0 aliphatic carbocycles. The maximum atomic E-state index is 5.49. The average Bonchev–Trinajstić information content (AvgIpc) is 1.93. The lowest BCUT2D eigenvalue weighted by Crippen LogP contribution is -2.63. The SMILES string of the molecule is CC12COC(N)(OC1)OC2. The minimum absolute atomic E-state index is 0.0150. The second-order valence-corrected chi connectivity index (χ2v) is 3.28. The van der Waals surface area contributed by atoms with Crippen LogP contribution in [-0.4, -0.2) is 25.9 Å². The molecule has 0 atom stereocenters. The van der Waals surface area contributed by atoms with Crippen molar-refractivity contribution in [3.63, 3.8) is 0 Å². The van der Waals surface area contributed by atoms with Crippen LogP contribution < -0.4 is 5.73 Å². The van der Waals surface area contributed by atoms with Gasteiger partial charge in [0.2, 0.25) is 0 Å². The molecule has 2 bridgehead atoms. The summed E-state index contributed by atoms with van der Waals surface area (Å²) in [6, 6.07) is 0. The topological polar surface area (TPSA) is 53.7 Å². The van der Waals surface area contributed by atoms with Gasteiger partial charge < -0.3 is 14.2 Å². The number of fused-ring (bicyclic) bond motifs is 3. The Morgan fingerprint density at radius 1 is 1.10 bits per heavy atom. The summed E-state index contributed by atoms with van der Waals surface area (Å²) >= 11 is 0. The van der Waals surface area contributed by atoms with Crippen LogP contribution in [0.2, 0.25) is 0 Å². The van der Waals surface area contributed by atoms with Crippen molar-refractivity contribution >= 4 is 0 Å². The Labute approximate surface area is 59.2 Å². The van der Waals surface area contributed by atoms with Gasteiger partial charge in [-0.15, -0.1) is 0 Å². The van der Waals surface area contributed by atoms with Crippen molar-refractivity contribution in [2.45, 2.75) is 13.0 Å². The first-order valence-corrected chi connectivity index (χ1v) is 3.33. The number of ether oxygens (including phenoxy) is 3. The molecule has 2 N–H and O–H groups in total. The number of hydrogen-bond acceptors (Lipinski definition) is 4. The third-order valence-electron chi connectivity index (χ3n) is 1.87. The zero-order valence-corrected chi connectivity index (χ0v) is 5.92. The Bertz CT molecular complexity index is 117. The molecule has 0 unspecified atom stereocenters. The van der Waals surface area contributed by atoms with E-state index in [0.29, 0.717) is 19.8 Å². The third kappa shape index (κ3) is 0.845. The highest BCUT2D eigenvalue weighted by atomic mass is 16.9. The van der Waals surface area contributed by atoms with E-state index in [0.717, 1.165) is 0 Å². The fourth-order valence-electron chi connectivity index (χ4n) is 1.07. The first-order valence-electron chi connectivity index (χ1n) is 3.33. The van der Waals surface area contributed by atoms with Crippen LogP contribution in [-0.2, 0) is 14.2 Å². The van der Waals surface area contributed by atoms with Crippen LogP contribution in [0, 0.1) is 5.41 Å². The van der Waals surface area contributed by atoms with E-state index in [4.69, 9.17) is 19.9 Å². The molecular weight excluding hydrogens is 134 g/mol. The van der Waals surface area contributed by atoms with Gasteiger partial charge in [-0.3, -0.25) is 5.73 Å². The molecule has 3 rings (SSSR count). The molecule has 3 fully saturated rings. The van der Waals surface area contributed by atoms with Crippen LogP contribution in [0.4, 0.5) is 0 Å². The van der Waals surface area contributed by atoms with E-state index in [1.54, 1.807) is 0 Å². The van der Waals surface area contributed by atoms with Gasteiger partial charge >= 0.3 is 6.10 Å². The molecule has 3 heterocycles. The smallest absolute Gasteiger partial charge is 0.314 e. The second kappa shape index (κ2) is 1.71. The summed E-state index contributed by atoms with van der Waals surface area (Å²) in [7, 11) is 0. The molecule has 10 heavy (non-hydrogen) atoms. The molecule has 0 aromatic carbocycles. The summed E-state index contributed by atoms with van der Waals surface area (Å²) in [5.41, 5.74) is 5.50. The Morgan fingerprint density at radius 2 is 1.50 bits per heavy atom. The van der Waals surface area contributed by atoms with Gasteiger partial charge in [0.25, 0.3) is 0 Å². The van der Waals surface area contributed by atoms with Gasteiger partial charge in [-0.25, -0.2) is 0 Å². The van der Waals surface area contributed by atoms with E-state index in [1.807, 2.05) is 6.92 Å². The highest BCUT2D eigenvalue weighted by Crippen LogP contribution is 2.34. The molecule has 3 aliphatic rings. The van der Waals surface area contributed by atoms with Crippen LogP contribution in [0.5, 0.6) is 0 Å². The first kappa shape index (κ1) is 6.54. The highest BCUT2D eigenvalue weighted by molar-refractivity contribution is 4.82. The molecule has 0 amide bonds. The molecule has 58 valence electrons. The van der Waals surface area contributed by atoms with Gasteiger partial charge in [0.05, 0.1) is 19.8 Å². The lowest BCUT2D eigenvalue weighted by molar-refractivity contribution is -0.463. The maximum absolute atomic E-state index is 5.49. The van der Waals surface area contributed by atoms with Crippen molar-refractivity contribution in [2.24, 2.45) is 11.1 Å². The van der Waals surface area contributed by atoms with Crippen LogP contribution in [0.1, 0.15) is 6.92 Å². The van der Waals surface area contributed by atoms with Crippen LogP contribution >= 0.6 is 0 Å². The van der Waals surface area contributed by atoms with E-state index in [-0.39, 0.29) is 5.41 Å². The van der Waals surface area contributed by atoms with Crippen molar-refractivity contribution < 1.29 is 14.2 Å². The Kier molecular flexibility index (Phi) is 1.12. The van der Waals surface area contributed by atoms with Gasteiger partial charge in [-0.05, 0) is 0 Å². The summed E-state index contributed by atoms with van der Waals surface area (Å²) < 4.78 is 15.3. The summed E-state index contributed by atoms with van der Waals surface area (Å²) in [4.78, 5) is 0. The van der Waals surface area contributed by atoms with Crippen molar-refractivity contribution in [2.75, 3.05) is 19.8 Å². The van der Waals surface area contributed by atoms with Crippen LogP contribution in [0.3, 0.4) is 0 Å². The molecule has 0 radical (unpaired) electrons. The van der Waals surface area contributed by atoms with Gasteiger partial charge in [-0.2, -0.15) is 0 Å². The minimum atomic E-state index is -1.24. The maximum Gasteiger partial charge on any atom is 0.348 e. The van der Waals surface area contributed by atoms with Gasteiger partial charge in [0.15, 0.2) is 0 Å². The molecule has 0 spiro atoms. The van der Waals surface area contributed by atoms with Crippen LogP contribution in [0.15, 0.2) is 0 Å². The molecule has 3 saturated heterocycles. The van der Waals surface area contributed by atoms with E-state index in [2.05, 4.69) is 0 Å². The molecule has 0 aromatic heterocycles. The summed E-state index contributed by atoms with van der Waals surface area (Å²) in [6.07, 6.45) is -1.24. The van der Waals surface area contributed by atoms with Gasteiger partial charge in [0.1, 0.15) is 0 Å². The number of rotatable bonds is 0. The second-order valence-electron chi connectivity index (χ2n) is 3.28. The van der Waals surface area contributed by atoms with Crippen molar-refractivity contribution in [3.8, 4) is 0 Å². The minimum Gasteiger partial charge on any atom is -0.314 e. The Morgan fingerprint density at radius 3 is 1.80 bits per heavy atom. The summed E-state index contributed by atoms with van der Waals surface area (Å²) in [6.45, 7) is 3.93. The summed E-state index contributed by atoms with van der Waals surface area (Å²) in [5, 5.41) is 0. The molecule has 0 saturated carbocycles. The predicted octanol–water partition coefficient (Wildman–Crippen LogP) is -0.360.